The Hall–Kier alpha value is -2.29. The quantitative estimate of drug-likeness (QED) is 0.669. The Morgan fingerprint density at radius 3 is 2.59 bits per heavy atom. The number of methoxy groups -OCH3 is 1. The molecular formula is C14H11NO2. The summed E-state index contributed by atoms with van der Waals surface area (Å²) in [6.07, 6.45) is 0.295. The van der Waals surface area contributed by atoms with E-state index in [-0.39, 0.29) is 0 Å². The fourth-order valence-electron chi connectivity index (χ4n) is 1.87. The highest BCUT2D eigenvalue weighted by Gasteiger charge is 2.10. The van der Waals surface area contributed by atoms with Crippen LogP contribution in [0.2, 0.25) is 0 Å². The third kappa shape index (κ3) is 1.65. The first-order chi connectivity index (χ1) is 8.38. The summed E-state index contributed by atoms with van der Waals surface area (Å²) in [4.78, 5) is 4.32. The lowest BCUT2D eigenvalue weighted by molar-refractivity contribution is 0.299. The second kappa shape index (κ2) is 3.94. The van der Waals surface area contributed by atoms with E-state index < -0.39 is 0 Å². The van der Waals surface area contributed by atoms with Crippen LogP contribution in [0.1, 0.15) is 0 Å². The van der Waals surface area contributed by atoms with Gasteiger partial charge in [0.15, 0.2) is 5.58 Å². The van der Waals surface area contributed by atoms with E-state index in [9.17, 15) is 0 Å². The van der Waals surface area contributed by atoms with Crippen molar-refractivity contribution >= 4 is 11.1 Å². The lowest BCUT2D eigenvalue weighted by Gasteiger charge is -2.00. The van der Waals surface area contributed by atoms with E-state index in [0.29, 0.717) is 6.08 Å². The van der Waals surface area contributed by atoms with Gasteiger partial charge in [-0.1, -0.05) is 42.5 Å². The number of rotatable bonds is 2. The molecule has 0 unspecified atom stereocenters. The minimum Gasteiger partial charge on any atom is -0.453 e. The molecule has 84 valence electrons. The number of para-hydroxylation sites is 1. The molecule has 0 aliphatic rings. The number of aromatic nitrogens is 1. The van der Waals surface area contributed by atoms with Gasteiger partial charge in [-0.3, -0.25) is 0 Å². The van der Waals surface area contributed by atoms with Gasteiger partial charge in [-0.25, -0.2) is 0 Å². The van der Waals surface area contributed by atoms with E-state index in [1.807, 2.05) is 36.4 Å². The Balaban J connectivity index is 2.26. The van der Waals surface area contributed by atoms with Crippen LogP contribution in [0.15, 0.2) is 52.9 Å². The van der Waals surface area contributed by atoms with E-state index >= 15 is 0 Å². The molecule has 0 aliphatic heterocycles. The van der Waals surface area contributed by atoms with Crippen molar-refractivity contribution in [1.29, 1.82) is 0 Å². The highest BCUT2D eigenvalue weighted by molar-refractivity contribution is 5.90. The van der Waals surface area contributed by atoms with Gasteiger partial charge in [0.05, 0.1) is 7.11 Å². The average molecular weight is 225 g/mol. The Bertz CT molecular complexity index is 644. The molecule has 1 aromatic heterocycles. The molecule has 0 saturated heterocycles. The Labute approximate surface area is 98.7 Å². The molecule has 0 atom stereocenters. The number of ether oxygens (including phenoxy) is 1. The molecule has 0 saturated carbocycles. The standard InChI is InChI=1S/C14H11NO2/c1-16-14-15-13-11(8-5-9-12(13)17-14)10-6-3-2-4-7-10/h2-9H,1H3. The van der Waals surface area contributed by atoms with Gasteiger partial charge in [-0.15, -0.1) is 0 Å². The van der Waals surface area contributed by atoms with Crippen LogP contribution in [0.3, 0.4) is 0 Å². The molecule has 17 heavy (non-hydrogen) atoms. The second-order valence-electron chi connectivity index (χ2n) is 3.70. The van der Waals surface area contributed by atoms with Gasteiger partial charge in [0, 0.05) is 5.56 Å². The van der Waals surface area contributed by atoms with Crippen molar-refractivity contribution in [1.82, 2.24) is 4.98 Å². The van der Waals surface area contributed by atoms with Crippen molar-refractivity contribution in [3.05, 3.63) is 48.5 Å². The zero-order valence-electron chi connectivity index (χ0n) is 9.38. The molecule has 2 aromatic carbocycles. The van der Waals surface area contributed by atoms with Gasteiger partial charge in [0.2, 0.25) is 0 Å². The molecule has 1 heterocycles. The van der Waals surface area contributed by atoms with Crippen molar-refractivity contribution in [2.24, 2.45) is 0 Å². The fourth-order valence-corrected chi connectivity index (χ4v) is 1.87. The van der Waals surface area contributed by atoms with Gasteiger partial charge < -0.3 is 9.15 Å². The van der Waals surface area contributed by atoms with E-state index in [4.69, 9.17) is 9.15 Å². The molecule has 0 N–H and O–H groups in total. The smallest absolute Gasteiger partial charge is 0.394 e. The molecule has 0 aliphatic carbocycles. The third-order valence-corrected chi connectivity index (χ3v) is 2.66. The molecule has 3 aromatic rings. The molecule has 0 radical (unpaired) electrons. The average Bonchev–Trinajstić information content (AvgIpc) is 2.82. The predicted molar refractivity (Wildman–Crippen MR) is 66.0 cm³/mol. The zero-order valence-corrected chi connectivity index (χ0v) is 9.38. The minimum absolute atomic E-state index is 0.295. The van der Waals surface area contributed by atoms with Crippen LogP contribution in [0, 0.1) is 0 Å². The molecule has 3 rings (SSSR count). The lowest BCUT2D eigenvalue weighted by atomic mass is 10.0. The van der Waals surface area contributed by atoms with E-state index in [1.54, 1.807) is 7.11 Å². The molecule has 0 amide bonds. The summed E-state index contributed by atoms with van der Waals surface area (Å²) < 4.78 is 10.5. The van der Waals surface area contributed by atoms with Gasteiger partial charge in [-0.05, 0) is 11.6 Å². The van der Waals surface area contributed by atoms with Gasteiger partial charge in [0.1, 0.15) is 5.52 Å². The maximum absolute atomic E-state index is 5.45. The highest BCUT2D eigenvalue weighted by Crippen LogP contribution is 2.30. The number of hydrogen-bond acceptors (Lipinski definition) is 3. The van der Waals surface area contributed by atoms with Crippen LogP contribution in [-0.4, -0.2) is 12.1 Å². The Kier molecular flexibility index (Phi) is 2.29. The van der Waals surface area contributed by atoms with Crippen molar-refractivity contribution in [2.75, 3.05) is 7.11 Å². The number of hydrogen-bond donors (Lipinski definition) is 0. The first-order valence-electron chi connectivity index (χ1n) is 5.37. The van der Waals surface area contributed by atoms with E-state index in [1.165, 1.54) is 0 Å². The van der Waals surface area contributed by atoms with Crippen molar-refractivity contribution in [3.63, 3.8) is 0 Å². The fraction of sp³-hybridized carbons (Fsp3) is 0.0714. The lowest BCUT2D eigenvalue weighted by Crippen LogP contribution is -1.82. The molecule has 0 spiro atoms. The van der Waals surface area contributed by atoms with Crippen molar-refractivity contribution in [3.8, 4) is 17.2 Å². The zero-order chi connectivity index (χ0) is 11.7. The number of nitrogens with zero attached hydrogens (tertiary/aromatic N) is 1. The predicted octanol–water partition coefficient (Wildman–Crippen LogP) is 3.50. The molecule has 0 fully saturated rings. The van der Waals surface area contributed by atoms with Crippen LogP contribution in [0.4, 0.5) is 0 Å². The molecule has 3 nitrogen and oxygen atoms in total. The van der Waals surface area contributed by atoms with Crippen molar-refractivity contribution in [2.45, 2.75) is 0 Å². The maximum atomic E-state index is 5.45. The van der Waals surface area contributed by atoms with Gasteiger partial charge >= 0.3 is 6.08 Å². The summed E-state index contributed by atoms with van der Waals surface area (Å²) in [6.45, 7) is 0. The molecule has 3 heteroatoms. The highest BCUT2D eigenvalue weighted by atomic mass is 16.6. The Morgan fingerprint density at radius 2 is 1.82 bits per heavy atom. The van der Waals surface area contributed by atoms with Gasteiger partial charge in [0.25, 0.3) is 0 Å². The van der Waals surface area contributed by atoms with Gasteiger partial charge in [-0.2, -0.15) is 4.98 Å². The van der Waals surface area contributed by atoms with Crippen LogP contribution >= 0.6 is 0 Å². The van der Waals surface area contributed by atoms with Crippen LogP contribution in [0.25, 0.3) is 22.2 Å². The van der Waals surface area contributed by atoms with Crippen LogP contribution in [0.5, 0.6) is 6.08 Å². The summed E-state index contributed by atoms with van der Waals surface area (Å²) in [7, 11) is 1.55. The van der Waals surface area contributed by atoms with Crippen LogP contribution < -0.4 is 4.74 Å². The Morgan fingerprint density at radius 1 is 1.00 bits per heavy atom. The summed E-state index contributed by atoms with van der Waals surface area (Å²) >= 11 is 0. The maximum Gasteiger partial charge on any atom is 0.394 e. The first-order valence-corrected chi connectivity index (χ1v) is 5.37. The van der Waals surface area contributed by atoms with Crippen molar-refractivity contribution < 1.29 is 9.15 Å². The largest absolute Gasteiger partial charge is 0.453 e. The number of benzene rings is 2. The summed E-state index contributed by atoms with van der Waals surface area (Å²) in [5.74, 6) is 0. The van der Waals surface area contributed by atoms with E-state index in [0.717, 1.165) is 22.2 Å². The SMILES string of the molecule is COc1nc2c(-c3ccccc3)cccc2o1. The third-order valence-electron chi connectivity index (χ3n) is 2.66. The topological polar surface area (TPSA) is 35.3 Å². The number of fused-ring (bicyclic) bond motifs is 1. The minimum atomic E-state index is 0.295. The molecular weight excluding hydrogens is 214 g/mol. The first kappa shape index (κ1) is 9.90. The second-order valence-corrected chi connectivity index (χ2v) is 3.70. The number of oxazole rings is 1. The monoisotopic (exact) mass is 225 g/mol. The normalized spacial score (nSPS) is 10.6. The van der Waals surface area contributed by atoms with E-state index in [2.05, 4.69) is 17.1 Å². The molecule has 0 bridgehead atoms. The summed E-state index contributed by atoms with van der Waals surface area (Å²) in [6, 6.07) is 16.0. The summed E-state index contributed by atoms with van der Waals surface area (Å²) in [5.41, 5.74) is 3.74. The van der Waals surface area contributed by atoms with Crippen LogP contribution in [-0.2, 0) is 0 Å². The summed E-state index contributed by atoms with van der Waals surface area (Å²) in [5, 5.41) is 0.